The van der Waals surface area contributed by atoms with Gasteiger partial charge in [0.2, 0.25) is 0 Å². The number of ether oxygens (including phenoxy) is 1. The third kappa shape index (κ3) is 3.99. The number of esters is 1. The van der Waals surface area contributed by atoms with Crippen LogP contribution in [0.2, 0.25) is 0 Å². The molecule has 25 heavy (non-hydrogen) atoms. The Hall–Kier alpha value is -1.59. The predicted molar refractivity (Wildman–Crippen MR) is 98.2 cm³/mol. The van der Waals surface area contributed by atoms with Crippen molar-refractivity contribution in [3.8, 4) is 0 Å². The molecule has 0 unspecified atom stereocenters. The first-order valence-corrected chi connectivity index (χ1v) is 9.05. The van der Waals surface area contributed by atoms with Gasteiger partial charge in [-0.3, -0.25) is 0 Å². The van der Waals surface area contributed by atoms with Crippen molar-refractivity contribution in [1.29, 1.82) is 0 Å². The molecule has 0 amide bonds. The minimum absolute atomic E-state index is 0.249. The molecule has 1 aliphatic heterocycles. The highest BCUT2D eigenvalue weighted by molar-refractivity contribution is 6.54. The Morgan fingerprint density at radius 1 is 1.16 bits per heavy atom. The van der Waals surface area contributed by atoms with Crippen molar-refractivity contribution in [2.75, 3.05) is 6.61 Å². The van der Waals surface area contributed by atoms with E-state index in [0.717, 1.165) is 19.3 Å². The fraction of sp³-hybridized carbons (Fsp3) is 0.550. The summed E-state index contributed by atoms with van der Waals surface area (Å²) in [4.78, 5) is 12.0. The van der Waals surface area contributed by atoms with Crippen LogP contribution in [0, 0.1) is 5.92 Å². The van der Waals surface area contributed by atoms with E-state index in [1.807, 2.05) is 18.2 Å². The number of hydrogen-bond acceptors (Lipinski definition) is 4. The van der Waals surface area contributed by atoms with Crippen LogP contribution >= 0.6 is 0 Å². The van der Waals surface area contributed by atoms with E-state index in [-0.39, 0.29) is 24.3 Å². The van der Waals surface area contributed by atoms with Crippen molar-refractivity contribution in [2.45, 2.75) is 58.2 Å². The number of allylic oxidation sites excluding steroid dienone is 2. The molecule has 4 nitrogen and oxygen atoms in total. The van der Waals surface area contributed by atoms with Gasteiger partial charge in [0.05, 0.1) is 23.4 Å². The summed E-state index contributed by atoms with van der Waals surface area (Å²) in [5.41, 5.74) is 1.21. The third-order valence-electron chi connectivity index (χ3n) is 5.57. The molecular weight excluding hydrogens is 315 g/mol. The number of hydrogen-bond donors (Lipinski definition) is 0. The first-order chi connectivity index (χ1) is 11.8. The largest absolute Gasteiger partial charge is 0.490 e. The standard InChI is InChI=1S/C20H27BO4/c1-19(2)20(3,4)25-21(24-19)17-12-10-15(11-13-17)14-23-18(22)16-8-6-5-7-9-16/h5-9,12,15H,10-11,13-14H2,1-4H3/t15-/m0/s1. The van der Waals surface area contributed by atoms with Gasteiger partial charge in [-0.1, -0.05) is 24.3 Å². The molecule has 3 rings (SSSR count). The molecule has 1 heterocycles. The summed E-state index contributed by atoms with van der Waals surface area (Å²) in [5, 5.41) is 0. The minimum atomic E-state index is -0.305. The molecule has 1 saturated heterocycles. The van der Waals surface area contributed by atoms with Crippen molar-refractivity contribution >= 4 is 13.1 Å². The number of rotatable bonds is 4. The fourth-order valence-electron chi connectivity index (χ4n) is 3.12. The highest BCUT2D eigenvalue weighted by Crippen LogP contribution is 2.40. The van der Waals surface area contributed by atoms with Crippen LogP contribution in [-0.4, -0.2) is 30.9 Å². The molecule has 0 bridgehead atoms. The summed E-state index contributed by atoms with van der Waals surface area (Å²) in [7, 11) is -0.252. The van der Waals surface area contributed by atoms with Gasteiger partial charge in [0, 0.05) is 0 Å². The monoisotopic (exact) mass is 342 g/mol. The van der Waals surface area contributed by atoms with Gasteiger partial charge in [-0.25, -0.2) is 4.79 Å². The Kier molecular flexibility index (Phi) is 5.07. The quantitative estimate of drug-likeness (QED) is 0.608. The second-order valence-corrected chi connectivity index (χ2v) is 7.97. The third-order valence-corrected chi connectivity index (χ3v) is 5.57. The van der Waals surface area contributed by atoms with Crippen LogP contribution in [0.4, 0.5) is 0 Å². The van der Waals surface area contributed by atoms with Crippen LogP contribution in [0.5, 0.6) is 0 Å². The lowest BCUT2D eigenvalue weighted by Crippen LogP contribution is -2.41. The van der Waals surface area contributed by atoms with E-state index in [4.69, 9.17) is 14.0 Å². The van der Waals surface area contributed by atoms with Crippen LogP contribution in [0.3, 0.4) is 0 Å². The molecule has 1 fully saturated rings. The average molecular weight is 342 g/mol. The lowest BCUT2D eigenvalue weighted by molar-refractivity contribution is 0.00578. The summed E-state index contributed by atoms with van der Waals surface area (Å²) in [5.74, 6) is 0.111. The first kappa shape index (κ1) is 18.2. The zero-order valence-electron chi connectivity index (χ0n) is 15.6. The lowest BCUT2D eigenvalue weighted by Gasteiger charge is -2.32. The summed E-state index contributed by atoms with van der Waals surface area (Å²) >= 11 is 0. The maximum Gasteiger partial charge on any atom is 0.490 e. The Balaban J connectivity index is 1.51. The molecule has 134 valence electrons. The van der Waals surface area contributed by atoms with Gasteiger partial charge in [0.15, 0.2) is 0 Å². The van der Waals surface area contributed by atoms with Crippen LogP contribution < -0.4 is 0 Å². The van der Waals surface area contributed by atoms with Crippen LogP contribution in [0.1, 0.15) is 57.3 Å². The van der Waals surface area contributed by atoms with E-state index in [1.165, 1.54) is 5.47 Å². The molecule has 0 spiro atoms. The fourth-order valence-corrected chi connectivity index (χ4v) is 3.12. The van der Waals surface area contributed by atoms with E-state index in [1.54, 1.807) is 12.1 Å². The first-order valence-electron chi connectivity index (χ1n) is 9.05. The second kappa shape index (κ2) is 6.97. The molecule has 1 aliphatic carbocycles. The molecular formula is C20H27BO4. The predicted octanol–water partition coefficient (Wildman–Crippen LogP) is 4.20. The molecule has 1 aromatic rings. The van der Waals surface area contributed by atoms with E-state index in [2.05, 4.69) is 33.8 Å². The topological polar surface area (TPSA) is 44.8 Å². The van der Waals surface area contributed by atoms with Crippen molar-refractivity contribution in [3.63, 3.8) is 0 Å². The maximum atomic E-state index is 12.0. The Morgan fingerprint density at radius 2 is 1.80 bits per heavy atom. The van der Waals surface area contributed by atoms with Crippen LogP contribution in [0.25, 0.3) is 0 Å². The molecule has 5 heteroatoms. The Labute approximate surface area is 150 Å². The van der Waals surface area contributed by atoms with Gasteiger partial charge in [0.25, 0.3) is 0 Å². The molecule has 1 atom stereocenters. The summed E-state index contributed by atoms with van der Waals surface area (Å²) in [6.07, 6.45) is 5.00. The summed E-state index contributed by atoms with van der Waals surface area (Å²) in [6.45, 7) is 8.75. The van der Waals surface area contributed by atoms with Crippen molar-refractivity contribution in [3.05, 3.63) is 47.4 Å². The van der Waals surface area contributed by atoms with Gasteiger partial charge >= 0.3 is 13.1 Å². The molecule has 2 aliphatic rings. The number of carbonyl (C=O) groups is 1. The van der Waals surface area contributed by atoms with Crippen LogP contribution in [0.15, 0.2) is 41.9 Å². The molecule has 0 N–H and O–H groups in total. The van der Waals surface area contributed by atoms with Crippen molar-refractivity contribution in [2.24, 2.45) is 5.92 Å². The Morgan fingerprint density at radius 3 is 2.36 bits per heavy atom. The van der Waals surface area contributed by atoms with E-state index in [9.17, 15) is 4.79 Å². The van der Waals surface area contributed by atoms with Gasteiger partial charge in [0.1, 0.15) is 0 Å². The van der Waals surface area contributed by atoms with E-state index >= 15 is 0 Å². The summed E-state index contributed by atoms with van der Waals surface area (Å²) in [6, 6.07) is 9.13. The van der Waals surface area contributed by atoms with Gasteiger partial charge in [-0.05, 0) is 70.5 Å². The molecule has 0 saturated carbocycles. The number of benzene rings is 1. The van der Waals surface area contributed by atoms with Gasteiger partial charge in [-0.15, -0.1) is 0 Å². The molecule has 0 aromatic heterocycles. The normalized spacial score (nSPS) is 24.7. The Bertz CT molecular complexity index is 635. The van der Waals surface area contributed by atoms with Gasteiger partial charge < -0.3 is 14.0 Å². The van der Waals surface area contributed by atoms with Crippen molar-refractivity contribution < 1.29 is 18.8 Å². The average Bonchev–Trinajstić information content (AvgIpc) is 2.82. The van der Waals surface area contributed by atoms with Gasteiger partial charge in [-0.2, -0.15) is 0 Å². The van der Waals surface area contributed by atoms with Crippen LogP contribution in [-0.2, 0) is 14.0 Å². The molecule has 0 radical (unpaired) electrons. The summed E-state index contributed by atoms with van der Waals surface area (Å²) < 4.78 is 17.7. The SMILES string of the molecule is CC1(C)OB(C2=CC[C@H](COC(=O)c3ccccc3)CC2)OC1(C)C. The van der Waals surface area contributed by atoms with E-state index < -0.39 is 0 Å². The highest BCUT2D eigenvalue weighted by Gasteiger charge is 2.52. The number of carbonyl (C=O) groups excluding carboxylic acids is 1. The zero-order valence-corrected chi connectivity index (χ0v) is 15.6. The van der Waals surface area contributed by atoms with E-state index in [0.29, 0.717) is 18.1 Å². The molecule has 1 aromatic carbocycles. The lowest BCUT2D eigenvalue weighted by atomic mass is 9.71. The second-order valence-electron chi connectivity index (χ2n) is 7.97. The smallest absolute Gasteiger partial charge is 0.462 e. The zero-order chi connectivity index (χ0) is 18.1. The minimum Gasteiger partial charge on any atom is -0.462 e. The highest BCUT2D eigenvalue weighted by atomic mass is 16.7. The van der Waals surface area contributed by atoms with Crippen molar-refractivity contribution in [1.82, 2.24) is 0 Å². The maximum absolute atomic E-state index is 12.0.